The average Bonchev–Trinajstić information content (AvgIpc) is 3.49. The largest absolute Gasteiger partial charge is 0.464 e. The first-order valence-corrected chi connectivity index (χ1v) is 10.3. The highest BCUT2D eigenvalue weighted by Crippen LogP contribution is 2.27. The molecule has 1 aromatic carbocycles. The fourth-order valence-corrected chi connectivity index (χ4v) is 3.90. The van der Waals surface area contributed by atoms with Gasteiger partial charge in [0.15, 0.2) is 5.76 Å². The number of pyridine rings is 1. The summed E-state index contributed by atoms with van der Waals surface area (Å²) in [5.74, 6) is 0.367. The molecule has 2 N–H and O–H groups in total. The molecule has 4 heterocycles. The van der Waals surface area contributed by atoms with Crippen molar-refractivity contribution in [3.8, 4) is 11.3 Å². The van der Waals surface area contributed by atoms with Crippen LogP contribution in [-0.2, 0) is 6.61 Å². The van der Waals surface area contributed by atoms with Gasteiger partial charge in [-0.2, -0.15) is 0 Å². The number of amides is 1. The molecule has 1 aliphatic rings. The Morgan fingerprint density at radius 3 is 2.68 bits per heavy atom. The lowest BCUT2D eigenvalue weighted by Crippen LogP contribution is -2.44. The molecule has 158 valence electrons. The number of anilines is 1. The molecule has 0 saturated carbocycles. The normalized spacial score (nSPS) is 14.8. The van der Waals surface area contributed by atoms with Crippen LogP contribution in [0.5, 0.6) is 0 Å². The molecule has 3 aromatic heterocycles. The van der Waals surface area contributed by atoms with Gasteiger partial charge in [0.1, 0.15) is 12.2 Å². The van der Waals surface area contributed by atoms with Crippen LogP contribution < -0.4 is 10.2 Å². The van der Waals surface area contributed by atoms with Gasteiger partial charge in [-0.25, -0.2) is 4.98 Å². The Kier molecular flexibility index (Phi) is 5.13. The number of hydrogen-bond acceptors (Lipinski definition) is 7. The van der Waals surface area contributed by atoms with Crippen LogP contribution in [-0.4, -0.2) is 40.1 Å². The molecule has 0 atom stereocenters. The first-order valence-electron chi connectivity index (χ1n) is 10.3. The lowest BCUT2D eigenvalue weighted by Gasteiger charge is -2.31. The summed E-state index contributed by atoms with van der Waals surface area (Å²) in [6.45, 7) is 1.30. The number of aliphatic hydroxyl groups is 1. The van der Waals surface area contributed by atoms with Crippen molar-refractivity contribution >= 4 is 22.9 Å². The number of hydrogen-bond donors (Lipinski definition) is 2. The Morgan fingerprint density at radius 1 is 1.13 bits per heavy atom. The third-order valence-electron chi connectivity index (χ3n) is 5.60. The maximum atomic E-state index is 12.7. The van der Waals surface area contributed by atoms with E-state index in [1.165, 1.54) is 6.20 Å². The Bertz CT molecular complexity index is 1190. The van der Waals surface area contributed by atoms with E-state index in [0.717, 1.165) is 48.2 Å². The van der Waals surface area contributed by atoms with Gasteiger partial charge in [-0.05, 0) is 37.1 Å². The minimum absolute atomic E-state index is 0.0850. The fourth-order valence-electron chi connectivity index (χ4n) is 3.90. The molecule has 0 bridgehead atoms. The minimum atomic E-state index is -0.161. The van der Waals surface area contributed by atoms with E-state index in [1.807, 2.05) is 41.3 Å². The number of nitrogens with one attached hydrogen (secondary N) is 1. The summed E-state index contributed by atoms with van der Waals surface area (Å²) in [7, 11) is 0. The highest BCUT2D eigenvalue weighted by Gasteiger charge is 2.24. The van der Waals surface area contributed by atoms with E-state index in [-0.39, 0.29) is 18.6 Å². The van der Waals surface area contributed by atoms with Gasteiger partial charge in [-0.1, -0.05) is 12.1 Å². The van der Waals surface area contributed by atoms with Crippen LogP contribution in [0, 0.1) is 0 Å². The Morgan fingerprint density at radius 2 is 1.94 bits per heavy atom. The molecule has 1 aliphatic heterocycles. The number of carbonyl (C=O) groups is 1. The van der Waals surface area contributed by atoms with Crippen LogP contribution in [0.15, 0.2) is 63.9 Å². The minimum Gasteiger partial charge on any atom is -0.464 e. The van der Waals surface area contributed by atoms with E-state index < -0.39 is 0 Å². The zero-order valence-electron chi connectivity index (χ0n) is 16.8. The van der Waals surface area contributed by atoms with Crippen molar-refractivity contribution in [2.75, 3.05) is 18.0 Å². The van der Waals surface area contributed by atoms with Crippen LogP contribution in [0.25, 0.3) is 22.2 Å². The van der Waals surface area contributed by atoms with Gasteiger partial charge in [-0.15, -0.1) is 0 Å². The first kappa shape index (κ1) is 19.3. The molecular weight excluding hydrogens is 396 g/mol. The topological polar surface area (TPSA) is 105 Å². The molecule has 0 aliphatic carbocycles. The molecule has 31 heavy (non-hydrogen) atoms. The van der Waals surface area contributed by atoms with Gasteiger partial charge in [0.05, 0.1) is 18.2 Å². The van der Waals surface area contributed by atoms with E-state index in [2.05, 4.69) is 15.3 Å². The number of piperidine rings is 1. The maximum Gasteiger partial charge on any atom is 0.297 e. The van der Waals surface area contributed by atoms with Crippen LogP contribution in [0.4, 0.5) is 6.01 Å². The molecule has 0 unspecified atom stereocenters. The number of furan rings is 1. The van der Waals surface area contributed by atoms with E-state index in [9.17, 15) is 4.79 Å². The summed E-state index contributed by atoms with van der Waals surface area (Å²) in [6, 6.07) is 11.8. The molecule has 1 fully saturated rings. The Labute approximate surface area is 178 Å². The summed E-state index contributed by atoms with van der Waals surface area (Å²) < 4.78 is 10.9. The van der Waals surface area contributed by atoms with E-state index >= 15 is 0 Å². The van der Waals surface area contributed by atoms with Crippen molar-refractivity contribution < 1.29 is 18.7 Å². The maximum absolute atomic E-state index is 12.7. The van der Waals surface area contributed by atoms with Crippen molar-refractivity contribution in [3.63, 3.8) is 0 Å². The average molecular weight is 418 g/mol. The second-order valence-corrected chi connectivity index (χ2v) is 7.57. The predicted octanol–water partition coefficient (Wildman–Crippen LogP) is 3.37. The van der Waals surface area contributed by atoms with Crippen LogP contribution >= 0.6 is 0 Å². The number of oxazole rings is 1. The Hall–Kier alpha value is -3.65. The molecule has 5 rings (SSSR count). The number of benzene rings is 1. The molecule has 4 aromatic rings. The predicted molar refractivity (Wildman–Crippen MR) is 115 cm³/mol. The number of carbonyl (C=O) groups excluding carboxylic acids is 1. The zero-order valence-corrected chi connectivity index (χ0v) is 16.8. The smallest absolute Gasteiger partial charge is 0.297 e. The monoisotopic (exact) mass is 418 g/mol. The summed E-state index contributed by atoms with van der Waals surface area (Å²) >= 11 is 0. The van der Waals surface area contributed by atoms with Crippen molar-refractivity contribution in [2.24, 2.45) is 0 Å². The fraction of sp³-hybridized carbons (Fsp3) is 0.261. The third-order valence-corrected chi connectivity index (χ3v) is 5.60. The van der Waals surface area contributed by atoms with Gasteiger partial charge in [0, 0.05) is 41.8 Å². The molecule has 0 radical (unpaired) electrons. The molecule has 0 spiro atoms. The highest BCUT2D eigenvalue weighted by atomic mass is 16.4. The number of aliphatic hydroxyl groups excluding tert-OH is 1. The standard InChI is InChI=1S/C23H22N4O4/c28-14-18-13-25-23(31-18)27-10-6-17(7-11-27)26-22(29)16-3-1-15(2-4-16)21-19-8-12-30-20(19)5-9-24-21/h1-5,8-9,12-13,17,28H,6-7,10-11,14H2,(H,26,29). The van der Waals surface area contributed by atoms with Crippen molar-refractivity contribution in [1.29, 1.82) is 0 Å². The lowest BCUT2D eigenvalue weighted by atomic mass is 10.0. The number of rotatable bonds is 5. The van der Waals surface area contributed by atoms with Crippen LogP contribution in [0.3, 0.4) is 0 Å². The van der Waals surface area contributed by atoms with E-state index in [1.54, 1.807) is 12.5 Å². The SMILES string of the molecule is O=C(NC1CCN(c2ncc(CO)o2)CC1)c1ccc(-c2nccc3occc23)cc1. The Balaban J connectivity index is 1.21. The number of aromatic nitrogens is 2. The molecule has 8 heteroatoms. The molecule has 8 nitrogen and oxygen atoms in total. The zero-order chi connectivity index (χ0) is 21.2. The van der Waals surface area contributed by atoms with Gasteiger partial charge in [-0.3, -0.25) is 9.78 Å². The van der Waals surface area contributed by atoms with Crippen LogP contribution in [0.1, 0.15) is 29.0 Å². The van der Waals surface area contributed by atoms with Gasteiger partial charge in [0.2, 0.25) is 0 Å². The summed E-state index contributed by atoms with van der Waals surface area (Å²) in [6.07, 6.45) is 6.50. The first-order chi connectivity index (χ1) is 15.2. The number of fused-ring (bicyclic) bond motifs is 1. The van der Waals surface area contributed by atoms with E-state index in [4.69, 9.17) is 13.9 Å². The van der Waals surface area contributed by atoms with Crippen molar-refractivity contribution in [2.45, 2.75) is 25.5 Å². The van der Waals surface area contributed by atoms with Crippen molar-refractivity contribution in [3.05, 3.63) is 66.4 Å². The quantitative estimate of drug-likeness (QED) is 0.512. The van der Waals surface area contributed by atoms with Gasteiger partial charge < -0.3 is 24.2 Å². The summed E-state index contributed by atoms with van der Waals surface area (Å²) in [5.41, 5.74) is 3.17. The molecule has 1 saturated heterocycles. The summed E-state index contributed by atoms with van der Waals surface area (Å²) in [5, 5.41) is 13.2. The van der Waals surface area contributed by atoms with Crippen LogP contribution in [0.2, 0.25) is 0 Å². The van der Waals surface area contributed by atoms with Gasteiger partial charge in [0.25, 0.3) is 11.9 Å². The van der Waals surface area contributed by atoms with Crippen molar-refractivity contribution in [1.82, 2.24) is 15.3 Å². The van der Waals surface area contributed by atoms with Gasteiger partial charge >= 0.3 is 0 Å². The lowest BCUT2D eigenvalue weighted by molar-refractivity contribution is 0.0931. The van der Waals surface area contributed by atoms with E-state index in [0.29, 0.717) is 17.3 Å². The second kappa shape index (κ2) is 8.23. The second-order valence-electron chi connectivity index (χ2n) is 7.57. The third kappa shape index (κ3) is 3.89. The number of nitrogens with zero attached hydrogens (tertiary/aromatic N) is 3. The highest BCUT2D eigenvalue weighted by molar-refractivity contribution is 5.96. The molecular formula is C23H22N4O4. The summed E-state index contributed by atoms with van der Waals surface area (Å²) in [4.78, 5) is 23.4. The molecule has 1 amide bonds.